The third-order valence-corrected chi connectivity index (χ3v) is 4.89. The standard InChI is InChI=1S/C17H19N3OS/c1-3-20-16(19-15-6-4-5-11-18-15)22-12-17(20,21)14-9-7-13(2)8-10-14/h4-11,21H,3,12H2,1-2H3/b19-16+. The van der Waals surface area contributed by atoms with Crippen LogP contribution < -0.4 is 0 Å². The van der Waals surface area contributed by atoms with Crippen molar-refractivity contribution in [2.24, 2.45) is 4.99 Å². The van der Waals surface area contributed by atoms with Crippen molar-refractivity contribution in [1.82, 2.24) is 9.88 Å². The lowest BCUT2D eigenvalue weighted by Crippen LogP contribution is -2.44. The molecule has 1 aromatic heterocycles. The first-order valence-corrected chi connectivity index (χ1v) is 8.32. The summed E-state index contributed by atoms with van der Waals surface area (Å²) in [5.74, 6) is 1.23. The summed E-state index contributed by atoms with van der Waals surface area (Å²) < 4.78 is 0. The van der Waals surface area contributed by atoms with Crippen LogP contribution in [-0.2, 0) is 5.72 Å². The van der Waals surface area contributed by atoms with E-state index in [-0.39, 0.29) is 0 Å². The van der Waals surface area contributed by atoms with Crippen molar-refractivity contribution in [2.45, 2.75) is 19.6 Å². The molecule has 22 heavy (non-hydrogen) atoms. The number of aromatic nitrogens is 1. The molecule has 3 rings (SSSR count). The van der Waals surface area contributed by atoms with Gasteiger partial charge in [0, 0.05) is 18.3 Å². The largest absolute Gasteiger partial charge is 0.366 e. The van der Waals surface area contributed by atoms with Gasteiger partial charge in [-0.3, -0.25) is 0 Å². The molecule has 1 aromatic carbocycles. The van der Waals surface area contributed by atoms with E-state index in [9.17, 15) is 5.11 Å². The van der Waals surface area contributed by atoms with Gasteiger partial charge in [-0.05, 0) is 26.0 Å². The fourth-order valence-electron chi connectivity index (χ4n) is 2.55. The van der Waals surface area contributed by atoms with Crippen molar-refractivity contribution in [2.75, 3.05) is 12.3 Å². The van der Waals surface area contributed by atoms with Crippen molar-refractivity contribution in [1.29, 1.82) is 0 Å². The first kappa shape index (κ1) is 15.1. The SMILES string of the molecule is CCN1/C(=N\c2ccccn2)SCC1(O)c1ccc(C)cc1. The number of hydrogen-bond donors (Lipinski definition) is 1. The van der Waals surface area contributed by atoms with Crippen molar-refractivity contribution in [3.8, 4) is 0 Å². The quantitative estimate of drug-likeness (QED) is 0.944. The Balaban J connectivity index is 1.95. The molecular weight excluding hydrogens is 294 g/mol. The highest BCUT2D eigenvalue weighted by atomic mass is 32.2. The maximum atomic E-state index is 11.2. The summed E-state index contributed by atoms with van der Waals surface area (Å²) in [7, 11) is 0. The number of aryl methyl sites for hydroxylation is 1. The zero-order valence-corrected chi connectivity index (χ0v) is 13.5. The van der Waals surface area contributed by atoms with E-state index in [4.69, 9.17) is 0 Å². The molecule has 0 aliphatic carbocycles. The van der Waals surface area contributed by atoms with Gasteiger partial charge in [-0.15, -0.1) is 0 Å². The second kappa shape index (κ2) is 6.10. The molecule has 2 heterocycles. The smallest absolute Gasteiger partial charge is 0.175 e. The minimum Gasteiger partial charge on any atom is -0.366 e. The van der Waals surface area contributed by atoms with Crippen LogP contribution >= 0.6 is 11.8 Å². The predicted octanol–water partition coefficient (Wildman–Crippen LogP) is 3.29. The van der Waals surface area contributed by atoms with Gasteiger partial charge in [-0.25, -0.2) is 9.98 Å². The average Bonchev–Trinajstić information content (AvgIpc) is 2.86. The minimum absolute atomic E-state index is 0.565. The number of amidine groups is 1. The van der Waals surface area contributed by atoms with Crippen LogP contribution in [0.4, 0.5) is 5.82 Å². The van der Waals surface area contributed by atoms with Gasteiger partial charge in [0.05, 0.1) is 5.75 Å². The highest BCUT2D eigenvalue weighted by molar-refractivity contribution is 8.14. The second-order valence-corrected chi connectivity index (χ2v) is 6.24. The van der Waals surface area contributed by atoms with Gasteiger partial charge in [0.2, 0.25) is 0 Å². The lowest BCUT2D eigenvalue weighted by Gasteiger charge is -2.33. The van der Waals surface area contributed by atoms with E-state index < -0.39 is 5.72 Å². The minimum atomic E-state index is -1.01. The van der Waals surface area contributed by atoms with E-state index in [1.165, 1.54) is 5.56 Å². The van der Waals surface area contributed by atoms with Gasteiger partial charge in [-0.2, -0.15) is 0 Å². The van der Waals surface area contributed by atoms with Crippen molar-refractivity contribution in [3.05, 3.63) is 59.8 Å². The molecule has 2 aromatic rings. The Bertz CT molecular complexity index is 672. The van der Waals surface area contributed by atoms with Crippen molar-refractivity contribution < 1.29 is 5.11 Å². The Labute approximate surface area is 134 Å². The number of benzene rings is 1. The van der Waals surface area contributed by atoms with E-state index in [1.54, 1.807) is 18.0 Å². The molecule has 1 saturated heterocycles. The number of hydrogen-bond acceptors (Lipinski definition) is 4. The van der Waals surface area contributed by atoms with Crippen LogP contribution in [0.3, 0.4) is 0 Å². The van der Waals surface area contributed by atoms with E-state index >= 15 is 0 Å². The zero-order chi connectivity index (χ0) is 15.6. The Kier molecular flexibility index (Phi) is 4.18. The molecule has 0 spiro atoms. The Morgan fingerprint density at radius 3 is 2.68 bits per heavy atom. The Hall–Kier alpha value is -1.85. The lowest BCUT2D eigenvalue weighted by atomic mass is 10.0. The fourth-order valence-corrected chi connectivity index (χ4v) is 3.79. The number of thioether (sulfide) groups is 1. The van der Waals surface area contributed by atoms with Gasteiger partial charge in [-0.1, -0.05) is 47.7 Å². The summed E-state index contributed by atoms with van der Waals surface area (Å²) in [5, 5.41) is 12.0. The predicted molar refractivity (Wildman–Crippen MR) is 91.2 cm³/mol. The van der Waals surface area contributed by atoms with E-state index in [0.29, 0.717) is 18.1 Å². The van der Waals surface area contributed by atoms with Crippen LogP contribution in [0.1, 0.15) is 18.1 Å². The van der Waals surface area contributed by atoms with E-state index in [0.717, 1.165) is 10.7 Å². The molecule has 1 aliphatic heterocycles. The van der Waals surface area contributed by atoms with Gasteiger partial charge in [0.25, 0.3) is 0 Å². The Morgan fingerprint density at radius 1 is 1.27 bits per heavy atom. The van der Waals surface area contributed by atoms with Crippen molar-refractivity contribution in [3.63, 3.8) is 0 Å². The second-order valence-electron chi connectivity index (χ2n) is 5.30. The molecule has 5 heteroatoms. The molecular formula is C17H19N3OS. The molecule has 1 N–H and O–H groups in total. The van der Waals surface area contributed by atoms with Gasteiger partial charge in [0.15, 0.2) is 16.7 Å². The first-order chi connectivity index (χ1) is 10.6. The summed E-state index contributed by atoms with van der Waals surface area (Å²) in [4.78, 5) is 10.8. The van der Waals surface area contributed by atoms with Crippen LogP contribution in [-0.4, -0.2) is 32.5 Å². The van der Waals surface area contributed by atoms with E-state index in [1.807, 2.05) is 61.2 Å². The molecule has 0 saturated carbocycles. The highest BCUT2D eigenvalue weighted by Crippen LogP contribution is 2.39. The Morgan fingerprint density at radius 2 is 2.05 bits per heavy atom. The topological polar surface area (TPSA) is 48.7 Å². The summed E-state index contributed by atoms with van der Waals surface area (Å²) in [5.41, 5.74) is 1.07. The zero-order valence-electron chi connectivity index (χ0n) is 12.7. The molecule has 0 radical (unpaired) electrons. The number of rotatable bonds is 3. The molecule has 1 aliphatic rings. The van der Waals surface area contributed by atoms with Crippen LogP contribution in [0.5, 0.6) is 0 Å². The van der Waals surface area contributed by atoms with Crippen LogP contribution in [0.2, 0.25) is 0 Å². The third kappa shape index (κ3) is 2.74. The summed E-state index contributed by atoms with van der Waals surface area (Å²) in [6, 6.07) is 13.7. The number of aliphatic imine (C=N–C) groups is 1. The number of aliphatic hydroxyl groups is 1. The molecule has 1 fully saturated rings. The normalized spacial score (nSPS) is 23.2. The maximum absolute atomic E-state index is 11.2. The van der Waals surface area contributed by atoms with Crippen LogP contribution in [0, 0.1) is 6.92 Å². The van der Waals surface area contributed by atoms with Gasteiger partial charge in [0.1, 0.15) is 0 Å². The van der Waals surface area contributed by atoms with Gasteiger partial charge < -0.3 is 10.0 Å². The first-order valence-electron chi connectivity index (χ1n) is 7.33. The van der Waals surface area contributed by atoms with Gasteiger partial charge >= 0.3 is 0 Å². The molecule has 0 amide bonds. The average molecular weight is 313 g/mol. The summed E-state index contributed by atoms with van der Waals surface area (Å²) in [6.07, 6.45) is 1.72. The fraction of sp³-hybridized carbons (Fsp3) is 0.294. The lowest BCUT2D eigenvalue weighted by molar-refractivity contribution is -0.0452. The summed E-state index contributed by atoms with van der Waals surface area (Å²) in [6.45, 7) is 4.75. The van der Waals surface area contributed by atoms with Crippen molar-refractivity contribution >= 4 is 22.7 Å². The highest BCUT2D eigenvalue weighted by Gasteiger charge is 2.43. The number of nitrogens with zero attached hydrogens (tertiary/aromatic N) is 3. The molecule has 114 valence electrons. The van der Waals surface area contributed by atoms with Crippen LogP contribution in [0.25, 0.3) is 0 Å². The molecule has 1 atom stereocenters. The molecule has 4 nitrogen and oxygen atoms in total. The van der Waals surface area contributed by atoms with Crippen LogP contribution in [0.15, 0.2) is 53.7 Å². The molecule has 0 bridgehead atoms. The maximum Gasteiger partial charge on any atom is 0.175 e. The van der Waals surface area contributed by atoms with E-state index in [2.05, 4.69) is 9.98 Å². The number of pyridine rings is 1. The third-order valence-electron chi connectivity index (χ3n) is 3.77. The monoisotopic (exact) mass is 313 g/mol. The molecule has 1 unspecified atom stereocenters. The summed E-state index contributed by atoms with van der Waals surface area (Å²) >= 11 is 1.56.